The molecule has 2 aliphatic rings. The van der Waals surface area contributed by atoms with Crippen LogP contribution in [0, 0.1) is 0 Å². The first-order chi connectivity index (χ1) is 9.64. The van der Waals surface area contributed by atoms with E-state index in [1.165, 1.54) is 25.7 Å². The van der Waals surface area contributed by atoms with Crippen LogP contribution in [0.2, 0.25) is 0 Å². The predicted octanol–water partition coefficient (Wildman–Crippen LogP) is 1.91. The predicted molar refractivity (Wildman–Crippen MR) is 98.4 cm³/mol. The molecule has 2 fully saturated rings. The van der Waals surface area contributed by atoms with Crippen molar-refractivity contribution < 1.29 is 4.74 Å². The third-order valence-corrected chi connectivity index (χ3v) is 4.84. The molecule has 0 unspecified atom stereocenters. The average molecular weight is 410 g/mol. The quantitative estimate of drug-likeness (QED) is 0.439. The van der Waals surface area contributed by atoms with Gasteiger partial charge in [0.2, 0.25) is 0 Å². The van der Waals surface area contributed by atoms with Crippen LogP contribution in [-0.2, 0) is 4.74 Å². The van der Waals surface area contributed by atoms with Gasteiger partial charge in [-0.15, -0.1) is 24.0 Å². The molecule has 5 nitrogen and oxygen atoms in total. The number of hydrogen-bond acceptors (Lipinski definition) is 3. The molecule has 0 bridgehead atoms. The summed E-state index contributed by atoms with van der Waals surface area (Å²) < 4.78 is 5.50. The zero-order valence-electron chi connectivity index (χ0n) is 13.5. The number of hydrogen-bond donors (Lipinski definition) is 1. The van der Waals surface area contributed by atoms with Gasteiger partial charge in [-0.1, -0.05) is 12.8 Å². The summed E-state index contributed by atoms with van der Waals surface area (Å²) in [5.74, 6) is 0.736. The Morgan fingerprint density at radius 1 is 1.14 bits per heavy atom. The van der Waals surface area contributed by atoms with E-state index in [4.69, 9.17) is 15.5 Å². The van der Waals surface area contributed by atoms with Gasteiger partial charge >= 0.3 is 0 Å². The Bertz CT molecular complexity index is 322. The highest BCUT2D eigenvalue weighted by Crippen LogP contribution is 2.26. The largest absolute Gasteiger partial charge is 0.381 e. The first kappa shape index (κ1) is 19.0. The Balaban J connectivity index is 0.00000220. The highest BCUT2D eigenvalue weighted by molar-refractivity contribution is 14.0. The van der Waals surface area contributed by atoms with Crippen molar-refractivity contribution in [3.8, 4) is 0 Å². The number of guanidine groups is 1. The molecule has 0 saturated carbocycles. The molecule has 2 saturated heterocycles. The Labute approximate surface area is 146 Å². The van der Waals surface area contributed by atoms with Gasteiger partial charge in [0.1, 0.15) is 0 Å². The van der Waals surface area contributed by atoms with Gasteiger partial charge in [0.15, 0.2) is 5.96 Å². The van der Waals surface area contributed by atoms with Crippen LogP contribution in [0.4, 0.5) is 0 Å². The third kappa shape index (κ3) is 5.25. The highest BCUT2D eigenvalue weighted by Gasteiger charge is 2.34. The van der Waals surface area contributed by atoms with Crippen molar-refractivity contribution in [2.24, 2.45) is 10.7 Å². The summed E-state index contributed by atoms with van der Waals surface area (Å²) >= 11 is 0. The zero-order valence-corrected chi connectivity index (χ0v) is 15.8. The van der Waals surface area contributed by atoms with Gasteiger partial charge in [0.25, 0.3) is 0 Å². The van der Waals surface area contributed by atoms with Gasteiger partial charge in [-0.25, -0.2) is 0 Å². The summed E-state index contributed by atoms with van der Waals surface area (Å²) in [5.41, 5.74) is 6.34. The monoisotopic (exact) mass is 410 g/mol. The van der Waals surface area contributed by atoms with Crippen molar-refractivity contribution in [1.29, 1.82) is 0 Å². The lowest BCUT2D eigenvalue weighted by Crippen LogP contribution is -2.51. The average Bonchev–Trinajstić information content (AvgIpc) is 2.74. The summed E-state index contributed by atoms with van der Waals surface area (Å²) in [6, 6.07) is 0. The SMILES string of the molecule is CN(C)C1(CN=C(N)N2CCCCCC2)CCOCC1.I. The number of nitrogens with zero attached hydrogens (tertiary/aromatic N) is 3. The lowest BCUT2D eigenvalue weighted by molar-refractivity contribution is -0.00261. The molecule has 6 heteroatoms. The van der Waals surface area contributed by atoms with E-state index in [0.717, 1.165) is 51.6 Å². The minimum absolute atomic E-state index is 0. The number of halogens is 1. The van der Waals surface area contributed by atoms with E-state index in [2.05, 4.69) is 23.9 Å². The molecule has 21 heavy (non-hydrogen) atoms. The molecule has 0 radical (unpaired) electrons. The van der Waals surface area contributed by atoms with Crippen molar-refractivity contribution in [3.05, 3.63) is 0 Å². The number of aliphatic imine (C=N–C) groups is 1. The molecule has 0 aromatic rings. The normalized spacial score (nSPS) is 23.6. The highest BCUT2D eigenvalue weighted by atomic mass is 127. The van der Waals surface area contributed by atoms with E-state index >= 15 is 0 Å². The molecule has 2 rings (SSSR count). The van der Waals surface area contributed by atoms with Crippen LogP contribution in [0.3, 0.4) is 0 Å². The summed E-state index contributed by atoms with van der Waals surface area (Å²) in [6.45, 7) is 4.57. The lowest BCUT2D eigenvalue weighted by atomic mass is 9.89. The number of likely N-dealkylation sites (N-methyl/N-ethyl adjacent to an activating group) is 1. The van der Waals surface area contributed by atoms with Gasteiger partial charge in [-0.3, -0.25) is 4.99 Å². The molecule has 0 aliphatic carbocycles. The van der Waals surface area contributed by atoms with Gasteiger partial charge in [0.05, 0.1) is 6.54 Å². The Morgan fingerprint density at radius 2 is 1.71 bits per heavy atom. The second-order valence-corrected chi connectivity index (χ2v) is 6.31. The summed E-state index contributed by atoms with van der Waals surface area (Å²) in [4.78, 5) is 9.29. The lowest BCUT2D eigenvalue weighted by Gasteiger charge is -2.41. The van der Waals surface area contributed by atoms with E-state index in [1.807, 2.05) is 0 Å². The topological polar surface area (TPSA) is 54.1 Å². The molecular weight excluding hydrogens is 379 g/mol. The van der Waals surface area contributed by atoms with E-state index < -0.39 is 0 Å². The maximum absolute atomic E-state index is 6.22. The van der Waals surface area contributed by atoms with Crippen molar-refractivity contribution >= 4 is 29.9 Å². The maximum atomic E-state index is 6.22. The molecule has 2 heterocycles. The van der Waals surface area contributed by atoms with E-state index in [1.54, 1.807) is 0 Å². The smallest absolute Gasteiger partial charge is 0.191 e. The summed E-state index contributed by atoms with van der Waals surface area (Å²) in [7, 11) is 4.28. The molecule has 124 valence electrons. The molecular formula is C15H31IN4O. The third-order valence-electron chi connectivity index (χ3n) is 4.84. The number of likely N-dealkylation sites (tertiary alicyclic amines) is 1. The first-order valence-electron chi connectivity index (χ1n) is 7.94. The molecule has 0 aromatic carbocycles. The van der Waals surface area contributed by atoms with Crippen LogP contribution in [0.15, 0.2) is 4.99 Å². The van der Waals surface area contributed by atoms with Crippen molar-refractivity contribution in [3.63, 3.8) is 0 Å². The van der Waals surface area contributed by atoms with E-state index in [0.29, 0.717) is 0 Å². The summed E-state index contributed by atoms with van der Waals surface area (Å²) in [6.07, 6.45) is 7.20. The molecule has 0 aromatic heterocycles. The molecule has 0 amide bonds. The van der Waals surface area contributed by atoms with Gasteiger partial charge in [-0.05, 0) is 39.8 Å². The van der Waals surface area contributed by atoms with E-state index in [-0.39, 0.29) is 29.5 Å². The maximum Gasteiger partial charge on any atom is 0.191 e. The standard InChI is InChI=1S/C15H30N4O.HI/c1-18(2)15(7-11-20-12-8-15)13-17-14(16)19-9-5-3-4-6-10-19;/h3-13H2,1-2H3,(H2,16,17);1H. The first-order valence-corrected chi connectivity index (χ1v) is 7.94. The number of ether oxygens (including phenoxy) is 1. The fraction of sp³-hybridized carbons (Fsp3) is 0.933. The van der Waals surface area contributed by atoms with Crippen molar-refractivity contribution in [2.45, 2.75) is 44.1 Å². The van der Waals surface area contributed by atoms with Crippen molar-refractivity contribution in [2.75, 3.05) is 46.9 Å². The minimum Gasteiger partial charge on any atom is -0.381 e. The van der Waals surface area contributed by atoms with Gasteiger partial charge in [0, 0.05) is 31.8 Å². The molecule has 2 N–H and O–H groups in total. The van der Waals surface area contributed by atoms with Crippen LogP contribution in [-0.4, -0.2) is 68.2 Å². The Kier molecular flexibility index (Phi) is 8.26. The van der Waals surface area contributed by atoms with Crippen LogP contribution in [0.5, 0.6) is 0 Å². The fourth-order valence-corrected chi connectivity index (χ4v) is 3.13. The molecule has 0 spiro atoms. The number of nitrogens with two attached hydrogens (primary N) is 1. The van der Waals surface area contributed by atoms with Gasteiger partial charge < -0.3 is 20.3 Å². The fourth-order valence-electron chi connectivity index (χ4n) is 3.13. The summed E-state index contributed by atoms with van der Waals surface area (Å²) in [5, 5.41) is 0. The second kappa shape index (κ2) is 9.15. The zero-order chi connectivity index (χ0) is 14.4. The van der Waals surface area contributed by atoms with E-state index in [9.17, 15) is 0 Å². The Morgan fingerprint density at radius 3 is 2.24 bits per heavy atom. The molecule has 2 aliphatic heterocycles. The van der Waals surface area contributed by atoms with Crippen LogP contribution in [0.1, 0.15) is 38.5 Å². The number of rotatable bonds is 3. The van der Waals surface area contributed by atoms with Crippen LogP contribution < -0.4 is 5.73 Å². The Hall–Kier alpha value is -0.0800. The van der Waals surface area contributed by atoms with Crippen molar-refractivity contribution in [1.82, 2.24) is 9.80 Å². The minimum atomic E-state index is 0. The van der Waals surface area contributed by atoms with Gasteiger partial charge in [-0.2, -0.15) is 0 Å². The van der Waals surface area contributed by atoms with Crippen LogP contribution in [0.25, 0.3) is 0 Å². The second-order valence-electron chi connectivity index (χ2n) is 6.31. The van der Waals surface area contributed by atoms with Crippen LogP contribution >= 0.6 is 24.0 Å². The molecule has 0 atom stereocenters.